The van der Waals surface area contributed by atoms with Crippen LogP contribution in [0.2, 0.25) is 0 Å². The SMILES string of the molecule is OC1CCNC1c1ccco1. The van der Waals surface area contributed by atoms with Crippen LogP contribution in [0.25, 0.3) is 0 Å². The Hall–Kier alpha value is -0.800. The van der Waals surface area contributed by atoms with Gasteiger partial charge in [0.1, 0.15) is 5.76 Å². The Morgan fingerprint density at radius 2 is 2.55 bits per heavy atom. The number of aliphatic hydroxyl groups excluding tert-OH is 1. The molecule has 1 aliphatic rings. The minimum Gasteiger partial charge on any atom is -0.468 e. The lowest BCUT2D eigenvalue weighted by atomic mass is 10.1. The molecule has 2 heterocycles. The van der Waals surface area contributed by atoms with Gasteiger partial charge in [0.15, 0.2) is 0 Å². The van der Waals surface area contributed by atoms with Crippen LogP contribution in [0, 0.1) is 0 Å². The van der Waals surface area contributed by atoms with Crippen molar-refractivity contribution in [3.05, 3.63) is 24.2 Å². The Labute approximate surface area is 65.0 Å². The molecule has 0 aromatic carbocycles. The van der Waals surface area contributed by atoms with Crippen molar-refractivity contribution >= 4 is 0 Å². The third-order valence-electron chi connectivity index (χ3n) is 2.04. The molecule has 11 heavy (non-hydrogen) atoms. The Kier molecular flexibility index (Phi) is 1.68. The quantitative estimate of drug-likeness (QED) is 0.623. The summed E-state index contributed by atoms with van der Waals surface area (Å²) in [6.07, 6.45) is 2.15. The van der Waals surface area contributed by atoms with E-state index in [0.717, 1.165) is 18.7 Å². The number of hydrogen-bond acceptors (Lipinski definition) is 3. The van der Waals surface area contributed by atoms with Gasteiger partial charge in [-0.2, -0.15) is 0 Å². The predicted octanol–water partition coefficient (Wildman–Crippen LogP) is 0.675. The summed E-state index contributed by atoms with van der Waals surface area (Å²) >= 11 is 0. The van der Waals surface area contributed by atoms with Crippen molar-refractivity contribution in [1.29, 1.82) is 0 Å². The van der Waals surface area contributed by atoms with Crippen LogP contribution in [0.15, 0.2) is 22.8 Å². The second kappa shape index (κ2) is 2.68. The maximum Gasteiger partial charge on any atom is 0.123 e. The minimum atomic E-state index is -0.291. The topological polar surface area (TPSA) is 45.4 Å². The summed E-state index contributed by atoms with van der Waals surface area (Å²) in [5.41, 5.74) is 0. The number of furan rings is 1. The van der Waals surface area contributed by atoms with E-state index >= 15 is 0 Å². The molecule has 0 spiro atoms. The van der Waals surface area contributed by atoms with E-state index in [4.69, 9.17) is 4.42 Å². The molecule has 0 bridgehead atoms. The normalized spacial score (nSPS) is 31.0. The molecule has 3 heteroatoms. The molecule has 3 nitrogen and oxygen atoms in total. The first-order valence-corrected chi connectivity index (χ1v) is 3.83. The summed E-state index contributed by atoms with van der Waals surface area (Å²) in [7, 11) is 0. The Balaban J connectivity index is 2.16. The number of rotatable bonds is 1. The van der Waals surface area contributed by atoms with Crippen molar-refractivity contribution in [2.75, 3.05) is 6.54 Å². The van der Waals surface area contributed by atoms with Crippen LogP contribution in [0.4, 0.5) is 0 Å². The molecule has 0 saturated carbocycles. The van der Waals surface area contributed by atoms with Crippen LogP contribution in [0.3, 0.4) is 0 Å². The standard InChI is InChI=1S/C8H11NO2/c10-6-3-4-9-8(6)7-2-1-5-11-7/h1-2,5-6,8-10H,3-4H2. The van der Waals surface area contributed by atoms with Gasteiger partial charge in [-0.1, -0.05) is 0 Å². The van der Waals surface area contributed by atoms with E-state index in [1.807, 2.05) is 12.1 Å². The Morgan fingerprint density at radius 3 is 3.09 bits per heavy atom. The summed E-state index contributed by atoms with van der Waals surface area (Å²) in [5.74, 6) is 0.829. The summed E-state index contributed by atoms with van der Waals surface area (Å²) < 4.78 is 5.17. The van der Waals surface area contributed by atoms with Crippen LogP contribution >= 0.6 is 0 Å². The van der Waals surface area contributed by atoms with Gasteiger partial charge in [-0.25, -0.2) is 0 Å². The first-order valence-electron chi connectivity index (χ1n) is 3.83. The molecular weight excluding hydrogens is 142 g/mol. The smallest absolute Gasteiger partial charge is 0.123 e. The molecule has 2 unspecified atom stereocenters. The second-order valence-corrected chi connectivity index (χ2v) is 2.80. The van der Waals surface area contributed by atoms with Crippen LogP contribution in [-0.2, 0) is 0 Å². The molecule has 2 N–H and O–H groups in total. The van der Waals surface area contributed by atoms with E-state index in [-0.39, 0.29) is 12.1 Å². The molecule has 1 aromatic heterocycles. The lowest BCUT2D eigenvalue weighted by Crippen LogP contribution is -2.20. The largest absolute Gasteiger partial charge is 0.468 e. The van der Waals surface area contributed by atoms with Crippen LogP contribution in [-0.4, -0.2) is 17.8 Å². The van der Waals surface area contributed by atoms with Gasteiger partial charge < -0.3 is 14.8 Å². The van der Waals surface area contributed by atoms with Gasteiger partial charge in [0.05, 0.1) is 18.4 Å². The zero-order valence-corrected chi connectivity index (χ0v) is 6.16. The monoisotopic (exact) mass is 153 g/mol. The van der Waals surface area contributed by atoms with Gasteiger partial charge in [0.25, 0.3) is 0 Å². The van der Waals surface area contributed by atoms with Gasteiger partial charge in [-0.15, -0.1) is 0 Å². The average molecular weight is 153 g/mol. The zero-order valence-electron chi connectivity index (χ0n) is 6.16. The van der Waals surface area contributed by atoms with E-state index < -0.39 is 0 Å². The predicted molar refractivity (Wildman–Crippen MR) is 40.1 cm³/mol. The van der Waals surface area contributed by atoms with Gasteiger partial charge in [0.2, 0.25) is 0 Å². The fraction of sp³-hybridized carbons (Fsp3) is 0.500. The maximum atomic E-state index is 9.44. The number of nitrogens with one attached hydrogen (secondary N) is 1. The van der Waals surface area contributed by atoms with Crippen molar-refractivity contribution in [3.63, 3.8) is 0 Å². The number of aliphatic hydroxyl groups is 1. The second-order valence-electron chi connectivity index (χ2n) is 2.80. The van der Waals surface area contributed by atoms with Crippen molar-refractivity contribution in [2.45, 2.75) is 18.6 Å². The molecule has 2 rings (SSSR count). The first kappa shape index (κ1) is 6.88. The summed E-state index contributed by atoms with van der Waals surface area (Å²) in [4.78, 5) is 0. The molecule has 2 atom stereocenters. The fourth-order valence-corrected chi connectivity index (χ4v) is 1.45. The third kappa shape index (κ3) is 1.17. The van der Waals surface area contributed by atoms with E-state index in [0.29, 0.717) is 0 Å². The molecule has 0 radical (unpaired) electrons. The molecule has 1 aliphatic heterocycles. The van der Waals surface area contributed by atoms with Gasteiger partial charge in [-0.05, 0) is 25.1 Å². The molecule has 60 valence electrons. The Morgan fingerprint density at radius 1 is 1.64 bits per heavy atom. The minimum absolute atomic E-state index is 0.00463. The molecule has 0 aliphatic carbocycles. The third-order valence-corrected chi connectivity index (χ3v) is 2.04. The molecular formula is C8H11NO2. The zero-order chi connectivity index (χ0) is 7.68. The first-order chi connectivity index (χ1) is 5.38. The lowest BCUT2D eigenvalue weighted by Gasteiger charge is -2.10. The average Bonchev–Trinajstić information content (AvgIpc) is 2.55. The summed E-state index contributed by atoms with van der Waals surface area (Å²) in [6.45, 7) is 0.868. The molecule has 1 aromatic rings. The maximum absolute atomic E-state index is 9.44. The van der Waals surface area contributed by atoms with Crippen molar-refractivity contribution < 1.29 is 9.52 Å². The van der Waals surface area contributed by atoms with E-state index in [1.165, 1.54) is 0 Å². The van der Waals surface area contributed by atoms with Gasteiger partial charge in [0, 0.05) is 0 Å². The summed E-state index contributed by atoms with van der Waals surface area (Å²) in [5, 5.41) is 12.6. The Bertz CT molecular complexity index is 220. The molecule has 1 saturated heterocycles. The molecule has 0 amide bonds. The highest BCUT2D eigenvalue weighted by Gasteiger charge is 2.27. The van der Waals surface area contributed by atoms with Gasteiger partial charge >= 0.3 is 0 Å². The van der Waals surface area contributed by atoms with E-state index in [2.05, 4.69) is 5.32 Å². The lowest BCUT2D eigenvalue weighted by molar-refractivity contribution is 0.150. The summed E-state index contributed by atoms with van der Waals surface area (Å²) in [6, 6.07) is 3.72. The van der Waals surface area contributed by atoms with E-state index in [9.17, 15) is 5.11 Å². The van der Waals surface area contributed by atoms with Crippen molar-refractivity contribution in [2.24, 2.45) is 0 Å². The van der Waals surface area contributed by atoms with Crippen molar-refractivity contribution in [3.8, 4) is 0 Å². The fourth-order valence-electron chi connectivity index (χ4n) is 1.45. The van der Waals surface area contributed by atoms with E-state index in [1.54, 1.807) is 6.26 Å². The highest BCUT2D eigenvalue weighted by Crippen LogP contribution is 2.23. The van der Waals surface area contributed by atoms with Crippen LogP contribution in [0.5, 0.6) is 0 Å². The highest BCUT2D eigenvalue weighted by molar-refractivity contribution is 5.08. The highest BCUT2D eigenvalue weighted by atomic mass is 16.3. The number of hydrogen-bond donors (Lipinski definition) is 2. The van der Waals surface area contributed by atoms with Crippen molar-refractivity contribution in [1.82, 2.24) is 5.32 Å². The van der Waals surface area contributed by atoms with Gasteiger partial charge in [-0.3, -0.25) is 0 Å². The molecule has 1 fully saturated rings. The van der Waals surface area contributed by atoms with Crippen LogP contribution < -0.4 is 5.32 Å². The van der Waals surface area contributed by atoms with Crippen LogP contribution in [0.1, 0.15) is 18.2 Å².